The molecule has 0 saturated heterocycles. The molecule has 0 fully saturated rings. The highest BCUT2D eigenvalue weighted by molar-refractivity contribution is 6.08. The van der Waals surface area contributed by atoms with Gasteiger partial charge in [0.05, 0.1) is 11.4 Å². The Bertz CT molecular complexity index is 1530. The third-order valence-corrected chi connectivity index (χ3v) is 5.67. The molecular weight excluding hydrogens is 430 g/mol. The largest absolute Gasteiger partial charge is 0.353 e. The maximum absolute atomic E-state index is 12.6. The Hall–Kier alpha value is -4.53. The van der Waals surface area contributed by atoms with Gasteiger partial charge in [0.25, 0.3) is 5.91 Å². The molecule has 0 radical (unpaired) electrons. The summed E-state index contributed by atoms with van der Waals surface area (Å²) in [7, 11) is 3.48. The third-order valence-electron chi connectivity index (χ3n) is 5.67. The third kappa shape index (κ3) is 3.77. The monoisotopic (exact) mass is 453 g/mol. The summed E-state index contributed by atoms with van der Waals surface area (Å²) < 4.78 is 0. The van der Waals surface area contributed by atoms with Gasteiger partial charge in [0.1, 0.15) is 5.82 Å². The van der Waals surface area contributed by atoms with E-state index in [2.05, 4.69) is 30.5 Å². The predicted molar refractivity (Wildman–Crippen MR) is 131 cm³/mol. The number of amides is 2. The second-order valence-corrected chi connectivity index (χ2v) is 8.18. The summed E-state index contributed by atoms with van der Waals surface area (Å²) in [5.74, 6) is 0.371. The van der Waals surface area contributed by atoms with Crippen molar-refractivity contribution in [3.63, 3.8) is 0 Å². The maximum atomic E-state index is 12.6. The van der Waals surface area contributed by atoms with Crippen LogP contribution >= 0.6 is 0 Å². The molecule has 0 atom stereocenters. The van der Waals surface area contributed by atoms with Crippen LogP contribution in [-0.4, -0.2) is 56.0 Å². The van der Waals surface area contributed by atoms with Crippen LogP contribution in [0.15, 0.2) is 54.9 Å². The first-order chi connectivity index (χ1) is 16.4. The average molecular weight is 454 g/mol. The van der Waals surface area contributed by atoms with Crippen molar-refractivity contribution in [2.45, 2.75) is 13.3 Å². The number of rotatable bonds is 5. The standard InChI is InChI=1S/C25H23N7O2/c1-4-22(33)29-21-9-8-14(12-26-21)15-10-18-23(30-31-24(18)27-13-15)20-11-17-16(25(34)32(2)3)6-5-7-19(17)28-20/h5-13,28H,4H2,1-3H3,(H,26,29,33)(H,27,30,31). The van der Waals surface area contributed by atoms with E-state index in [9.17, 15) is 9.59 Å². The van der Waals surface area contributed by atoms with E-state index in [0.29, 0.717) is 23.4 Å². The van der Waals surface area contributed by atoms with Crippen LogP contribution in [0.4, 0.5) is 5.82 Å². The molecule has 0 aliphatic carbocycles. The predicted octanol–water partition coefficient (Wildman–Crippen LogP) is 4.22. The fourth-order valence-corrected chi connectivity index (χ4v) is 3.85. The Morgan fingerprint density at radius 2 is 1.82 bits per heavy atom. The minimum atomic E-state index is -0.0832. The first-order valence-corrected chi connectivity index (χ1v) is 10.9. The SMILES string of the molecule is CCC(=O)Nc1ccc(-c2cnc3n[nH]c(-c4cc5c(C(=O)N(C)C)cccc5[nH]4)c3c2)cn1. The maximum Gasteiger partial charge on any atom is 0.254 e. The zero-order valence-electron chi connectivity index (χ0n) is 19.0. The summed E-state index contributed by atoms with van der Waals surface area (Å²) in [5.41, 5.74) is 5.41. The van der Waals surface area contributed by atoms with Crippen LogP contribution in [0.1, 0.15) is 23.7 Å². The zero-order valence-corrected chi connectivity index (χ0v) is 19.0. The van der Waals surface area contributed by atoms with Crippen LogP contribution in [0.25, 0.3) is 44.5 Å². The molecule has 170 valence electrons. The fourth-order valence-electron chi connectivity index (χ4n) is 3.85. The summed E-state index contributed by atoms with van der Waals surface area (Å²) >= 11 is 0. The van der Waals surface area contributed by atoms with Gasteiger partial charge in [-0.2, -0.15) is 5.10 Å². The Morgan fingerprint density at radius 1 is 1.00 bits per heavy atom. The second kappa shape index (κ2) is 8.43. The number of carbonyl (C=O) groups is 2. The van der Waals surface area contributed by atoms with Crippen molar-refractivity contribution in [2.24, 2.45) is 0 Å². The molecule has 5 rings (SSSR count). The number of aromatic amines is 2. The summed E-state index contributed by atoms with van der Waals surface area (Å²) in [5, 5.41) is 11.9. The van der Waals surface area contributed by atoms with E-state index in [0.717, 1.165) is 38.8 Å². The van der Waals surface area contributed by atoms with Crippen molar-refractivity contribution in [3.8, 4) is 22.5 Å². The minimum Gasteiger partial charge on any atom is -0.353 e. The molecule has 34 heavy (non-hydrogen) atoms. The second-order valence-electron chi connectivity index (χ2n) is 8.18. The van der Waals surface area contributed by atoms with Gasteiger partial charge in [0.15, 0.2) is 5.65 Å². The molecule has 9 nitrogen and oxygen atoms in total. The van der Waals surface area contributed by atoms with Crippen molar-refractivity contribution >= 4 is 39.6 Å². The lowest BCUT2D eigenvalue weighted by Crippen LogP contribution is -2.21. The molecule has 2 amide bonds. The lowest BCUT2D eigenvalue weighted by molar-refractivity contribution is -0.115. The smallest absolute Gasteiger partial charge is 0.254 e. The molecule has 0 unspecified atom stereocenters. The quantitative estimate of drug-likeness (QED) is 0.368. The van der Waals surface area contributed by atoms with Gasteiger partial charge >= 0.3 is 0 Å². The van der Waals surface area contributed by atoms with E-state index in [1.165, 1.54) is 0 Å². The van der Waals surface area contributed by atoms with Crippen LogP contribution in [0.3, 0.4) is 0 Å². The number of pyridine rings is 2. The molecule has 4 aromatic heterocycles. The summed E-state index contributed by atoms with van der Waals surface area (Å²) in [6, 6.07) is 13.2. The number of hydrogen-bond acceptors (Lipinski definition) is 5. The molecule has 9 heteroatoms. The summed E-state index contributed by atoms with van der Waals surface area (Å²) in [6.45, 7) is 1.79. The van der Waals surface area contributed by atoms with Gasteiger partial charge < -0.3 is 15.2 Å². The lowest BCUT2D eigenvalue weighted by Gasteiger charge is -2.10. The Labute approximate surface area is 195 Å². The number of nitrogens with zero attached hydrogens (tertiary/aromatic N) is 4. The van der Waals surface area contributed by atoms with Gasteiger partial charge in [0.2, 0.25) is 5.91 Å². The van der Waals surface area contributed by atoms with Crippen molar-refractivity contribution in [1.29, 1.82) is 0 Å². The highest BCUT2D eigenvalue weighted by atomic mass is 16.2. The molecule has 0 aliphatic rings. The fraction of sp³-hybridized carbons (Fsp3) is 0.160. The van der Waals surface area contributed by atoms with Gasteiger partial charge in [-0.3, -0.25) is 14.7 Å². The number of benzene rings is 1. The molecule has 0 saturated carbocycles. The Kier molecular flexibility index (Phi) is 5.29. The van der Waals surface area contributed by atoms with Crippen molar-refractivity contribution in [3.05, 3.63) is 60.4 Å². The van der Waals surface area contributed by atoms with Crippen LogP contribution in [0.5, 0.6) is 0 Å². The molecule has 3 N–H and O–H groups in total. The van der Waals surface area contributed by atoms with E-state index in [-0.39, 0.29) is 11.8 Å². The van der Waals surface area contributed by atoms with E-state index >= 15 is 0 Å². The molecule has 5 aromatic rings. The molecule has 0 spiro atoms. The number of fused-ring (bicyclic) bond motifs is 2. The van der Waals surface area contributed by atoms with E-state index in [1.807, 2.05) is 36.4 Å². The number of anilines is 1. The molecule has 1 aromatic carbocycles. The van der Waals surface area contributed by atoms with Gasteiger partial charge in [0, 0.05) is 65.9 Å². The van der Waals surface area contributed by atoms with Gasteiger partial charge in [-0.25, -0.2) is 9.97 Å². The van der Waals surface area contributed by atoms with Crippen molar-refractivity contribution in [1.82, 2.24) is 30.0 Å². The topological polar surface area (TPSA) is 120 Å². The molecule has 4 heterocycles. The van der Waals surface area contributed by atoms with Crippen LogP contribution in [-0.2, 0) is 4.79 Å². The highest BCUT2D eigenvalue weighted by Crippen LogP contribution is 2.32. The zero-order chi connectivity index (χ0) is 23.8. The van der Waals surface area contributed by atoms with Crippen LogP contribution in [0, 0.1) is 0 Å². The molecular formula is C25H23N7O2. The first-order valence-electron chi connectivity index (χ1n) is 10.9. The first kappa shape index (κ1) is 21.3. The van der Waals surface area contributed by atoms with E-state index in [4.69, 9.17) is 0 Å². The number of aromatic nitrogens is 5. The summed E-state index contributed by atoms with van der Waals surface area (Å²) in [6.07, 6.45) is 3.84. The Morgan fingerprint density at radius 3 is 2.56 bits per heavy atom. The molecule has 0 aliphatic heterocycles. The Balaban J connectivity index is 1.54. The van der Waals surface area contributed by atoms with E-state index in [1.54, 1.807) is 44.4 Å². The van der Waals surface area contributed by atoms with Crippen LogP contribution < -0.4 is 5.32 Å². The number of hydrogen-bond donors (Lipinski definition) is 3. The van der Waals surface area contributed by atoms with Gasteiger partial charge in [-0.1, -0.05) is 13.0 Å². The normalized spacial score (nSPS) is 11.1. The average Bonchev–Trinajstić information content (AvgIpc) is 3.47. The molecule has 0 bridgehead atoms. The highest BCUT2D eigenvalue weighted by Gasteiger charge is 2.17. The number of carbonyl (C=O) groups excluding carboxylic acids is 2. The number of nitrogens with one attached hydrogen (secondary N) is 3. The van der Waals surface area contributed by atoms with Crippen LogP contribution in [0.2, 0.25) is 0 Å². The van der Waals surface area contributed by atoms with Crippen molar-refractivity contribution in [2.75, 3.05) is 19.4 Å². The van der Waals surface area contributed by atoms with Gasteiger partial charge in [-0.15, -0.1) is 0 Å². The minimum absolute atomic E-state index is 0.0550. The summed E-state index contributed by atoms with van der Waals surface area (Å²) in [4.78, 5) is 38.0. The number of H-pyrrole nitrogens is 2. The van der Waals surface area contributed by atoms with E-state index < -0.39 is 0 Å². The van der Waals surface area contributed by atoms with Crippen molar-refractivity contribution < 1.29 is 9.59 Å². The lowest BCUT2D eigenvalue weighted by atomic mass is 10.1. The van der Waals surface area contributed by atoms with Gasteiger partial charge in [-0.05, 0) is 36.4 Å².